The maximum absolute atomic E-state index is 6.11. The summed E-state index contributed by atoms with van der Waals surface area (Å²) in [6.07, 6.45) is 5.58. The summed E-state index contributed by atoms with van der Waals surface area (Å²) >= 11 is 3.45. The van der Waals surface area contributed by atoms with Gasteiger partial charge in [-0.15, -0.1) is 10.2 Å². The predicted molar refractivity (Wildman–Crippen MR) is 125 cm³/mol. The lowest BCUT2D eigenvalue weighted by atomic mass is 9.72. The molecular weight excluding hydrogens is 470 g/mol. The van der Waals surface area contributed by atoms with Gasteiger partial charge in [0.05, 0.1) is 12.2 Å². The highest BCUT2D eigenvalue weighted by Gasteiger charge is 2.40. The number of nitrogens with zero attached hydrogens (tertiary/aromatic N) is 4. The monoisotopic (exact) mass is 493 g/mol. The van der Waals surface area contributed by atoms with E-state index in [0.717, 1.165) is 47.2 Å². The summed E-state index contributed by atoms with van der Waals surface area (Å²) in [5, 5.41) is 10.0. The van der Waals surface area contributed by atoms with Gasteiger partial charge in [0.25, 0.3) is 5.89 Å². The maximum atomic E-state index is 6.11. The second-order valence-corrected chi connectivity index (χ2v) is 9.84. The average molecular weight is 494 g/mol. The number of likely N-dealkylation sites (N-methyl/N-ethyl adjacent to an activating group) is 1. The highest BCUT2D eigenvalue weighted by atomic mass is 79.9. The molecule has 0 bridgehead atoms. The number of aromatic amines is 1. The third kappa shape index (κ3) is 3.20. The third-order valence-electron chi connectivity index (χ3n) is 6.93. The van der Waals surface area contributed by atoms with E-state index in [1.165, 1.54) is 16.5 Å². The second-order valence-electron chi connectivity index (χ2n) is 8.93. The minimum absolute atomic E-state index is 0.451. The van der Waals surface area contributed by atoms with Gasteiger partial charge in [0.1, 0.15) is 5.69 Å². The smallest absolute Gasteiger partial charge is 0.264 e. The lowest BCUT2D eigenvalue weighted by Gasteiger charge is -2.45. The van der Waals surface area contributed by atoms with Crippen LogP contribution in [-0.4, -0.2) is 58.4 Å². The van der Waals surface area contributed by atoms with Crippen LogP contribution in [0.5, 0.6) is 0 Å². The quantitative estimate of drug-likeness (QED) is 0.445. The molecular formula is C24H24BrN5O2. The summed E-state index contributed by atoms with van der Waals surface area (Å²) in [7, 11) is 4.04. The zero-order chi connectivity index (χ0) is 21.8. The van der Waals surface area contributed by atoms with E-state index >= 15 is 0 Å². The van der Waals surface area contributed by atoms with Crippen LogP contribution in [0.2, 0.25) is 0 Å². The molecule has 3 aromatic heterocycles. The fraction of sp³-hybridized carbons (Fsp3) is 0.375. The number of methoxy groups -OCH3 is 1. The van der Waals surface area contributed by atoms with E-state index in [2.05, 4.69) is 66.2 Å². The summed E-state index contributed by atoms with van der Waals surface area (Å²) in [6, 6.07) is 8.95. The molecule has 1 fully saturated rings. The van der Waals surface area contributed by atoms with Gasteiger partial charge in [0.2, 0.25) is 5.89 Å². The van der Waals surface area contributed by atoms with E-state index in [1.807, 2.05) is 6.07 Å². The van der Waals surface area contributed by atoms with E-state index in [0.29, 0.717) is 29.7 Å². The SMILES string of the molecule is COC[C@@H]1CC2c3cccc4[nH]c(-c5nnc(-c6cncc(Br)c6)o5)c(c34)C[C@H]2N(C)C1. The first-order chi connectivity index (χ1) is 15.6. The van der Waals surface area contributed by atoms with Crippen molar-refractivity contribution < 1.29 is 9.15 Å². The Morgan fingerprint density at radius 3 is 2.97 bits per heavy atom. The van der Waals surface area contributed by atoms with Crippen molar-refractivity contribution in [1.82, 2.24) is 25.1 Å². The van der Waals surface area contributed by atoms with Crippen molar-refractivity contribution in [2.45, 2.75) is 24.8 Å². The number of nitrogens with one attached hydrogen (secondary N) is 1. The zero-order valence-corrected chi connectivity index (χ0v) is 19.6. The Balaban J connectivity index is 1.44. The molecule has 1 saturated heterocycles. The van der Waals surface area contributed by atoms with Crippen LogP contribution in [0.1, 0.15) is 23.5 Å². The largest absolute Gasteiger partial charge is 0.415 e. The lowest BCUT2D eigenvalue weighted by Crippen LogP contribution is -2.48. The number of H-pyrrole nitrogens is 1. The zero-order valence-electron chi connectivity index (χ0n) is 18.0. The molecule has 4 heterocycles. The number of fused-ring (bicyclic) bond motifs is 2. The number of pyridine rings is 1. The maximum Gasteiger partial charge on any atom is 0.264 e. The van der Waals surface area contributed by atoms with Gasteiger partial charge in [-0.2, -0.15) is 0 Å². The Labute approximate surface area is 194 Å². The molecule has 6 rings (SSSR count). The summed E-state index contributed by atoms with van der Waals surface area (Å²) in [6.45, 7) is 1.87. The minimum Gasteiger partial charge on any atom is -0.415 e. The Bertz CT molecular complexity index is 1300. The van der Waals surface area contributed by atoms with Crippen molar-refractivity contribution in [2.75, 3.05) is 27.3 Å². The Morgan fingerprint density at radius 1 is 1.25 bits per heavy atom. The fourth-order valence-corrected chi connectivity index (χ4v) is 6.01. The standard InChI is InChI=1S/C24H24BrN5O2/c1-30-11-13(12-31-2)6-17-16-4-3-5-19-21(16)18(8-20(17)30)22(27-19)24-29-28-23(32-24)14-7-15(25)10-26-9-14/h3-5,7,9-10,13,17,20,27H,6,8,11-12H2,1-2H3/t13-,17?,20-/m1/s1. The number of hydrogen-bond donors (Lipinski definition) is 1. The number of likely N-dealkylation sites (tertiary alicyclic amines) is 1. The minimum atomic E-state index is 0.451. The van der Waals surface area contributed by atoms with Crippen molar-refractivity contribution in [1.29, 1.82) is 0 Å². The number of piperidine rings is 1. The third-order valence-corrected chi connectivity index (χ3v) is 7.36. The van der Waals surface area contributed by atoms with Crippen LogP contribution in [0, 0.1) is 5.92 Å². The van der Waals surface area contributed by atoms with E-state index < -0.39 is 0 Å². The molecule has 1 aliphatic carbocycles. The molecule has 32 heavy (non-hydrogen) atoms. The molecule has 1 unspecified atom stereocenters. The van der Waals surface area contributed by atoms with Crippen molar-refractivity contribution >= 4 is 26.8 Å². The molecule has 8 heteroatoms. The van der Waals surface area contributed by atoms with Crippen LogP contribution in [0.25, 0.3) is 33.9 Å². The molecule has 0 spiro atoms. The van der Waals surface area contributed by atoms with Gasteiger partial charge in [0, 0.05) is 53.4 Å². The van der Waals surface area contributed by atoms with Crippen LogP contribution >= 0.6 is 15.9 Å². The molecule has 1 aliphatic heterocycles. The molecule has 0 radical (unpaired) electrons. The van der Waals surface area contributed by atoms with Gasteiger partial charge < -0.3 is 19.0 Å². The number of aromatic nitrogens is 4. The molecule has 0 saturated carbocycles. The molecule has 3 atom stereocenters. The van der Waals surface area contributed by atoms with Gasteiger partial charge in [-0.05, 0) is 65.0 Å². The van der Waals surface area contributed by atoms with Gasteiger partial charge in [-0.25, -0.2) is 0 Å². The van der Waals surface area contributed by atoms with Crippen molar-refractivity contribution in [2.24, 2.45) is 5.92 Å². The molecule has 164 valence electrons. The van der Waals surface area contributed by atoms with Crippen LogP contribution in [-0.2, 0) is 11.2 Å². The molecule has 0 amide bonds. The first-order valence-corrected chi connectivity index (χ1v) is 11.7. The summed E-state index contributed by atoms with van der Waals surface area (Å²) in [5.41, 5.74) is 5.54. The number of rotatable bonds is 4. The Kier molecular flexibility index (Phi) is 4.89. The van der Waals surface area contributed by atoms with E-state index in [9.17, 15) is 0 Å². The molecule has 2 aliphatic rings. The first kappa shape index (κ1) is 20.1. The van der Waals surface area contributed by atoms with Crippen LogP contribution < -0.4 is 0 Å². The van der Waals surface area contributed by atoms with Crippen molar-refractivity contribution in [3.05, 3.63) is 52.3 Å². The van der Waals surface area contributed by atoms with Crippen LogP contribution in [0.15, 0.2) is 45.5 Å². The lowest BCUT2D eigenvalue weighted by molar-refractivity contribution is 0.0587. The van der Waals surface area contributed by atoms with E-state index in [1.54, 1.807) is 19.5 Å². The van der Waals surface area contributed by atoms with Crippen molar-refractivity contribution in [3.8, 4) is 23.0 Å². The number of benzene rings is 1. The van der Waals surface area contributed by atoms with Crippen LogP contribution in [0.3, 0.4) is 0 Å². The van der Waals surface area contributed by atoms with E-state index in [-0.39, 0.29) is 0 Å². The summed E-state index contributed by atoms with van der Waals surface area (Å²) in [5.74, 6) is 2.04. The van der Waals surface area contributed by atoms with E-state index in [4.69, 9.17) is 9.15 Å². The first-order valence-electron chi connectivity index (χ1n) is 10.9. The Hall–Kier alpha value is -2.55. The predicted octanol–water partition coefficient (Wildman–Crippen LogP) is 4.65. The van der Waals surface area contributed by atoms with Gasteiger partial charge >= 0.3 is 0 Å². The molecule has 7 nitrogen and oxygen atoms in total. The molecule has 1 aromatic carbocycles. The van der Waals surface area contributed by atoms with Crippen LogP contribution in [0.4, 0.5) is 0 Å². The number of hydrogen-bond acceptors (Lipinski definition) is 6. The van der Waals surface area contributed by atoms with Gasteiger partial charge in [-0.1, -0.05) is 12.1 Å². The Morgan fingerprint density at radius 2 is 2.12 bits per heavy atom. The highest BCUT2D eigenvalue weighted by Crippen LogP contribution is 2.47. The second kappa shape index (κ2) is 7.79. The van der Waals surface area contributed by atoms with Gasteiger partial charge in [0.15, 0.2) is 0 Å². The number of ether oxygens (including phenoxy) is 1. The fourth-order valence-electron chi connectivity index (χ4n) is 5.65. The van der Waals surface area contributed by atoms with Crippen molar-refractivity contribution in [3.63, 3.8) is 0 Å². The topological polar surface area (TPSA) is 80.1 Å². The summed E-state index contributed by atoms with van der Waals surface area (Å²) in [4.78, 5) is 10.3. The van der Waals surface area contributed by atoms with Gasteiger partial charge in [-0.3, -0.25) is 4.98 Å². The number of halogens is 1. The normalized spacial score (nSPS) is 22.9. The average Bonchev–Trinajstić information content (AvgIpc) is 3.41. The molecule has 1 N–H and O–H groups in total. The highest BCUT2D eigenvalue weighted by molar-refractivity contribution is 9.10. The summed E-state index contributed by atoms with van der Waals surface area (Å²) < 4.78 is 12.5. The molecule has 4 aromatic rings.